The molecule has 0 unspecified atom stereocenters. The van der Waals surface area contributed by atoms with Crippen molar-refractivity contribution < 1.29 is 14.4 Å². The predicted octanol–water partition coefficient (Wildman–Crippen LogP) is 4.09. The van der Waals surface area contributed by atoms with E-state index in [1.165, 1.54) is 9.80 Å². The number of carbonyl (C=O) groups is 3. The van der Waals surface area contributed by atoms with Gasteiger partial charge >= 0.3 is 6.17 Å². The molecule has 2 aliphatic heterocycles. The smallest absolute Gasteiger partial charge is 0.302 e. The summed E-state index contributed by atoms with van der Waals surface area (Å²) in [4.78, 5) is 51.9. The summed E-state index contributed by atoms with van der Waals surface area (Å²) in [5.74, 6) is -0.638. The van der Waals surface area contributed by atoms with E-state index in [0.717, 1.165) is 22.0 Å². The zero-order valence-electron chi connectivity index (χ0n) is 21.1. The number of nitrogens with one attached hydrogen (secondary N) is 1. The molecule has 0 aliphatic carbocycles. The number of benzene rings is 2. The monoisotopic (exact) mass is 495 g/mol. The maximum absolute atomic E-state index is 14.1. The number of hydrogen-bond acceptors (Lipinski definition) is 4. The van der Waals surface area contributed by atoms with E-state index in [1.54, 1.807) is 37.6 Å². The van der Waals surface area contributed by atoms with Crippen LogP contribution >= 0.6 is 0 Å². The lowest BCUT2D eigenvalue weighted by molar-refractivity contribution is -0.136. The lowest BCUT2D eigenvalue weighted by Crippen LogP contribution is -2.51. The third-order valence-electron chi connectivity index (χ3n) is 7.57. The molecule has 2 aliphatic rings. The van der Waals surface area contributed by atoms with Gasteiger partial charge in [0.05, 0.1) is 6.42 Å². The van der Waals surface area contributed by atoms with E-state index in [2.05, 4.69) is 15.1 Å². The van der Waals surface area contributed by atoms with Crippen molar-refractivity contribution in [3.05, 3.63) is 83.5 Å². The lowest BCUT2D eigenvalue weighted by Gasteiger charge is -2.32. The van der Waals surface area contributed by atoms with E-state index in [9.17, 15) is 14.4 Å². The van der Waals surface area contributed by atoms with E-state index >= 15 is 0 Å². The predicted molar refractivity (Wildman–Crippen MR) is 141 cm³/mol. The molecule has 0 bridgehead atoms. The largest absolute Gasteiger partial charge is 0.330 e. The van der Waals surface area contributed by atoms with Crippen molar-refractivity contribution in [2.24, 2.45) is 5.92 Å². The quantitative estimate of drug-likeness (QED) is 0.540. The minimum atomic E-state index is -0.963. The number of hydrogen-bond donors (Lipinski definition) is 1. The molecule has 0 saturated carbocycles. The van der Waals surface area contributed by atoms with Gasteiger partial charge in [-0.25, -0.2) is 6.57 Å². The van der Waals surface area contributed by atoms with E-state index in [1.807, 2.05) is 44.2 Å². The van der Waals surface area contributed by atoms with Crippen LogP contribution in [0.5, 0.6) is 0 Å². The van der Waals surface area contributed by atoms with Crippen LogP contribution in [0.4, 0.5) is 5.69 Å². The molecule has 0 radical (unpaired) electrons. The van der Waals surface area contributed by atoms with Crippen LogP contribution in [0.25, 0.3) is 15.6 Å². The number of likely N-dealkylation sites (tertiary alicyclic amines) is 1. The van der Waals surface area contributed by atoms with Crippen LogP contribution in [0.2, 0.25) is 0 Å². The van der Waals surface area contributed by atoms with Gasteiger partial charge in [0.2, 0.25) is 5.91 Å². The number of nitrogens with zero attached hydrogens (tertiary/aromatic N) is 4. The van der Waals surface area contributed by atoms with Crippen LogP contribution in [0.15, 0.2) is 60.9 Å². The number of likely N-dealkylation sites (N-methyl/N-ethyl adjacent to an activating group) is 1. The number of para-hydroxylation sites is 1. The molecule has 3 heterocycles. The van der Waals surface area contributed by atoms with E-state index < -0.39 is 17.6 Å². The van der Waals surface area contributed by atoms with Crippen LogP contribution in [0.3, 0.4) is 0 Å². The highest BCUT2D eigenvalue weighted by Crippen LogP contribution is 2.47. The summed E-state index contributed by atoms with van der Waals surface area (Å²) in [6.45, 7) is 11.9. The van der Waals surface area contributed by atoms with Gasteiger partial charge in [0.1, 0.15) is 11.5 Å². The van der Waals surface area contributed by atoms with Gasteiger partial charge in [0, 0.05) is 42.6 Å². The molecular weight excluding hydrogens is 466 g/mol. The molecular formula is C29H29N5O3. The Kier molecular flexibility index (Phi) is 6.16. The molecule has 8 nitrogen and oxygen atoms in total. The van der Waals surface area contributed by atoms with Crippen molar-refractivity contribution in [2.45, 2.75) is 44.3 Å². The molecule has 2 aromatic carbocycles. The first-order valence-corrected chi connectivity index (χ1v) is 12.4. The second-order valence-corrected chi connectivity index (χ2v) is 10.3. The van der Waals surface area contributed by atoms with Crippen molar-refractivity contribution in [1.29, 1.82) is 0 Å². The Balaban J connectivity index is 1.48. The van der Waals surface area contributed by atoms with Crippen LogP contribution < -0.4 is 5.32 Å². The van der Waals surface area contributed by atoms with Gasteiger partial charge in [0.25, 0.3) is 11.8 Å². The molecule has 1 spiro atoms. The summed E-state index contributed by atoms with van der Waals surface area (Å²) >= 11 is 0. The molecule has 1 fully saturated rings. The number of rotatable bonds is 5. The van der Waals surface area contributed by atoms with Crippen LogP contribution in [-0.2, 0) is 15.0 Å². The summed E-state index contributed by atoms with van der Waals surface area (Å²) in [7, 11) is 1.64. The van der Waals surface area contributed by atoms with Gasteiger partial charge in [-0.2, -0.15) is 0 Å². The fraction of sp³-hybridized carbons (Fsp3) is 0.345. The molecule has 3 aromatic rings. The van der Waals surface area contributed by atoms with Crippen LogP contribution in [0.1, 0.15) is 42.6 Å². The van der Waals surface area contributed by atoms with Crippen molar-refractivity contribution >= 4 is 34.2 Å². The number of amides is 3. The average molecular weight is 496 g/mol. The highest BCUT2D eigenvalue weighted by Gasteiger charge is 2.59. The Morgan fingerprint density at radius 3 is 2.76 bits per heavy atom. The molecule has 5 rings (SSSR count). The third-order valence-corrected chi connectivity index (χ3v) is 7.57. The van der Waals surface area contributed by atoms with Gasteiger partial charge in [-0.15, -0.1) is 0 Å². The van der Waals surface area contributed by atoms with Gasteiger partial charge in [-0.1, -0.05) is 44.2 Å². The molecule has 1 N–H and O–H groups in total. The molecule has 37 heavy (non-hydrogen) atoms. The first kappa shape index (κ1) is 24.4. The number of carbonyl (C=O) groups excluding carboxylic acids is 3. The Morgan fingerprint density at radius 1 is 1.22 bits per heavy atom. The summed E-state index contributed by atoms with van der Waals surface area (Å²) in [6, 6.07) is 13.9. The summed E-state index contributed by atoms with van der Waals surface area (Å²) < 4.78 is 0. The minimum Gasteiger partial charge on any atom is -0.330 e. The minimum absolute atomic E-state index is 0.109. The summed E-state index contributed by atoms with van der Waals surface area (Å²) in [6.07, 6.45) is 3.23. The molecule has 1 aromatic heterocycles. The number of pyridine rings is 1. The average Bonchev–Trinajstić information content (AvgIpc) is 3.43. The molecule has 3 amide bonds. The first-order chi connectivity index (χ1) is 17.8. The Labute approximate surface area is 216 Å². The first-order valence-electron chi connectivity index (χ1n) is 12.4. The third kappa shape index (κ3) is 4.01. The fourth-order valence-corrected chi connectivity index (χ4v) is 5.66. The topological polar surface area (TPSA) is 87.0 Å². The maximum Gasteiger partial charge on any atom is 0.302 e. The summed E-state index contributed by atoms with van der Waals surface area (Å²) in [5.41, 5.74) is 1.07. The van der Waals surface area contributed by atoms with Crippen molar-refractivity contribution in [3.8, 4) is 0 Å². The molecule has 1 saturated heterocycles. The van der Waals surface area contributed by atoms with Crippen LogP contribution in [0, 0.1) is 12.5 Å². The van der Waals surface area contributed by atoms with Crippen LogP contribution in [-0.4, -0.2) is 58.3 Å². The van der Waals surface area contributed by atoms with Gasteiger partial charge < -0.3 is 10.2 Å². The number of fused-ring (bicyclic) bond motifs is 3. The SMILES string of the molecule is [C-]#[N+][C@@H]1C[C@@]2(CN1C(=O)[C@H](CC(C)C)N(C)C(=O)c1cccc3cnccc13)C(=O)Nc1ccccc12. The number of aromatic nitrogens is 1. The standard InChI is InChI=1S/C29H29N5O3/c1-18(2)14-24(33(4)26(35)21-9-7-8-19-16-31-13-12-20(19)21)27(36)34-17-29(15-25(34)30-3)22-10-5-6-11-23(22)32-28(29)37/h5-13,16,18,24-25H,14-15,17H2,1-2,4H3,(H,32,37)/t24-,25-,29-/m0/s1. The van der Waals surface area contributed by atoms with Gasteiger partial charge in [0.15, 0.2) is 0 Å². The van der Waals surface area contributed by atoms with E-state index in [0.29, 0.717) is 12.0 Å². The maximum atomic E-state index is 14.1. The van der Waals surface area contributed by atoms with E-state index in [-0.39, 0.29) is 36.6 Å². The van der Waals surface area contributed by atoms with Crippen molar-refractivity contribution in [3.63, 3.8) is 0 Å². The second kappa shape index (κ2) is 9.32. The van der Waals surface area contributed by atoms with Gasteiger partial charge in [-0.3, -0.25) is 29.1 Å². The normalized spacial score (nSPS) is 21.1. The zero-order chi connectivity index (χ0) is 26.3. The molecule has 8 heteroatoms. The highest BCUT2D eigenvalue weighted by atomic mass is 16.2. The molecule has 188 valence electrons. The molecule has 3 atom stereocenters. The Bertz CT molecular complexity index is 1440. The fourth-order valence-electron chi connectivity index (χ4n) is 5.66. The van der Waals surface area contributed by atoms with Crippen molar-refractivity contribution in [2.75, 3.05) is 18.9 Å². The second-order valence-electron chi connectivity index (χ2n) is 10.3. The van der Waals surface area contributed by atoms with E-state index in [4.69, 9.17) is 6.57 Å². The van der Waals surface area contributed by atoms with Crippen molar-refractivity contribution in [1.82, 2.24) is 14.8 Å². The highest BCUT2D eigenvalue weighted by molar-refractivity contribution is 6.09. The Morgan fingerprint density at radius 2 is 2.00 bits per heavy atom. The van der Waals surface area contributed by atoms with Gasteiger partial charge in [-0.05, 0) is 41.5 Å². The summed E-state index contributed by atoms with van der Waals surface area (Å²) in [5, 5.41) is 4.53. The zero-order valence-corrected chi connectivity index (χ0v) is 21.1. The lowest BCUT2D eigenvalue weighted by atomic mass is 9.80. The Hall–Kier alpha value is -4.25. The number of anilines is 1.